The van der Waals surface area contributed by atoms with Crippen LogP contribution < -0.4 is 11.1 Å². The maximum Gasteiger partial charge on any atom is 0.146 e. The van der Waals surface area contributed by atoms with Crippen molar-refractivity contribution in [1.29, 1.82) is 0 Å². The van der Waals surface area contributed by atoms with E-state index >= 15 is 4.39 Å². The summed E-state index contributed by atoms with van der Waals surface area (Å²) in [6, 6.07) is 17.4. The summed E-state index contributed by atoms with van der Waals surface area (Å²) in [7, 11) is 2.02. The van der Waals surface area contributed by atoms with Gasteiger partial charge in [-0.15, -0.1) is 10.2 Å². The summed E-state index contributed by atoms with van der Waals surface area (Å²) in [5.41, 5.74) is 9.16. The minimum atomic E-state index is -0.269. The minimum Gasteiger partial charge on any atom is -0.383 e. The van der Waals surface area contributed by atoms with Crippen molar-refractivity contribution in [2.24, 2.45) is 0 Å². The molecule has 1 aromatic heterocycles. The van der Waals surface area contributed by atoms with Crippen molar-refractivity contribution in [1.82, 2.24) is 15.1 Å². The number of halogens is 1. The van der Waals surface area contributed by atoms with Crippen LogP contribution in [0.1, 0.15) is 17.2 Å². The van der Waals surface area contributed by atoms with E-state index in [9.17, 15) is 0 Å². The van der Waals surface area contributed by atoms with Crippen LogP contribution in [0.5, 0.6) is 0 Å². The van der Waals surface area contributed by atoms with E-state index in [-0.39, 0.29) is 11.9 Å². The molecule has 132 valence electrons. The van der Waals surface area contributed by atoms with Gasteiger partial charge in [0.2, 0.25) is 0 Å². The van der Waals surface area contributed by atoms with Crippen molar-refractivity contribution in [3.05, 3.63) is 71.5 Å². The van der Waals surface area contributed by atoms with Crippen molar-refractivity contribution in [2.75, 3.05) is 24.6 Å². The van der Waals surface area contributed by atoms with Gasteiger partial charge in [0, 0.05) is 29.9 Å². The number of nitrogens with zero attached hydrogens (tertiary/aromatic N) is 3. The molecule has 2 aromatic carbocycles. The lowest BCUT2D eigenvalue weighted by Crippen LogP contribution is -2.27. The molecule has 3 aromatic rings. The molecule has 1 aliphatic rings. The van der Waals surface area contributed by atoms with Gasteiger partial charge in [0.15, 0.2) is 0 Å². The van der Waals surface area contributed by atoms with E-state index in [1.807, 2.05) is 31.3 Å². The first-order valence-corrected chi connectivity index (χ1v) is 8.53. The Bertz CT molecular complexity index is 911. The average molecular weight is 349 g/mol. The molecule has 0 aliphatic carbocycles. The van der Waals surface area contributed by atoms with Gasteiger partial charge in [-0.05, 0) is 36.9 Å². The molecule has 4 rings (SSSR count). The Balaban J connectivity index is 1.70. The molecule has 0 saturated carbocycles. The summed E-state index contributed by atoms with van der Waals surface area (Å²) < 4.78 is 15.3. The second kappa shape index (κ2) is 6.72. The van der Waals surface area contributed by atoms with Crippen molar-refractivity contribution in [3.8, 4) is 11.3 Å². The highest BCUT2D eigenvalue weighted by Crippen LogP contribution is 2.34. The highest BCUT2D eigenvalue weighted by molar-refractivity contribution is 5.67. The van der Waals surface area contributed by atoms with E-state index in [4.69, 9.17) is 5.73 Å². The summed E-state index contributed by atoms with van der Waals surface area (Å²) in [5.74, 6) is 0.0469. The molecular formula is C20H20FN5. The Kier molecular flexibility index (Phi) is 4.26. The Labute approximate surface area is 151 Å². The Morgan fingerprint density at radius 1 is 1.08 bits per heavy atom. The Morgan fingerprint density at radius 3 is 2.62 bits per heavy atom. The molecule has 0 amide bonds. The van der Waals surface area contributed by atoms with E-state index in [2.05, 4.69) is 32.5 Å². The molecule has 1 unspecified atom stereocenters. The van der Waals surface area contributed by atoms with Crippen molar-refractivity contribution in [3.63, 3.8) is 0 Å². The van der Waals surface area contributed by atoms with E-state index in [1.54, 1.807) is 18.2 Å². The predicted octanol–water partition coefficient (Wildman–Crippen LogP) is 3.46. The maximum absolute atomic E-state index is 15.3. The molecule has 0 radical (unpaired) electrons. The van der Waals surface area contributed by atoms with Gasteiger partial charge >= 0.3 is 0 Å². The maximum atomic E-state index is 15.3. The van der Waals surface area contributed by atoms with E-state index < -0.39 is 0 Å². The van der Waals surface area contributed by atoms with Crippen molar-refractivity contribution < 1.29 is 4.39 Å². The summed E-state index contributed by atoms with van der Waals surface area (Å²) in [4.78, 5) is 2.16. The van der Waals surface area contributed by atoms with Crippen LogP contribution in [0.4, 0.5) is 15.9 Å². The van der Waals surface area contributed by atoms with Crippen LogP contribution in [0.15, 0.2) is 54.6 Å². The zero-order valence-electron chi connectivity index (χ0n) is 14.5. The summed E-state index contributed by atoms with van der Waals surface area (Å²) in [6.45, 7) is 1.22. The van der Waals surface area contributed by atoms with E-state index in [0.29, 0.717) is 35.7 Å². The van der Waals surface area contributed by atoms with Crippen LogP contribution >= 0.6 is 0 Å². The topological polar surface area (TPSA) is 67.1 Å². The molecule has 0 fully saturated rings. The largest absolute Gasteiger partial charge is 0.383 e. The fraction of sp³-hybridized carbons (Fsp3) is 0.200. The average Bonchev–Trinajstić information content (AvgIpc) is 2.83. The van der Waals surface area contributed by atoms with Gasteiger partial charge in [-0.2, -0.15) is 0 Å². The summed E-state index contributed by atoms with van der Waals surface area (Å²) >= 11 is 0. The van der Waals surface area contributed by atoms with Crippen LogP contribution in [-0.2, 0) is 6.54 Å². The zero-order valence-corrected chi connectivity index (χ0v) is 14.5. The third kappa shape index (κ3) is 2.99. The molecule has 2 heterocycles. The van der Waals surface area contributed by atoms with E-state index in [1.165, 1.54) is 5.56 Å². The Morgan fingerprint density at radius 2 is 1.88 bits per heavy atom. The number of nitrogens with one attached hydrogen (secondary N) is 1. The second-order valence-electron chi connectivity index (χ2n) is 6.52. The monoisotopic (exact) mass is 349 g/mol. The fourth-order valence-electron chi connectivity index (χ4n) is 3.40. The smallest absolute Gasteiger partial charge is 0.146 e. The lowest BCUT2D eigenvalue weighted by molar-refractivity contribution is 0.249. The number of likely N-dealkylation sites (N-methyl/N-ethyl adjacent to an activating group) is 1. The molecule has 5 nitrogen and oxygen atoms in total. The second-order valence-corrected chi connectivity index (χ2v) is 6.52. The quantitative estimate of drug-likeness (QED) is 0.742. The number of rotatable bonds is 2. The normalized spacial score (nSPS) is 17.2. The number of benzene rings is 2. The lowest BCUT2D eigenvalue weighted by atomic mass is 10.0. The molecule has 6 heteroatoms. The fourth-order valence-corrected chi connectivity index (χ4v) is 3.40. The number of hydrogen-bond acceptors (Lipinski definition) is 5. The number of nitrogen functional groups attached to an aromatic ring is 1. The number of anilines is 2. The highest BCUT2D eigenvalue weighted by atomic mass is 19.1. The molecule has 0 spiro atoms. The Hall–Kier alpha value is -2.99. The van der Waals surface area contributed by atoms with Crippen LogP contribution in [0.2, 0.25) is 0 Å². The van der Waals surface area contributed by atoms with Gasteiger partial charge in [-0.25, -0.2) is 4.39 Å². The minimum absolute atomic E-state index is 0.169. The first-order valence-electron chi connectivity index (χ1n) is 8.53. The van der Waals surface area contributed by atoms with Gasteiger partial charge in [-0.3, -0.25) is 4.90 Å². The summed E-state index contributed by atoms with van der Waals surface area (Å²) in [5, 5.41) is 11.2. The highest BCUT2D eigenvalue weighted by Gasteiger charge is 2.25. The van der Waals surface area contributed by atoms with Crippen molar-refractivity contribution >= 4 is 11.5 Å². The SMILES string of the molecule is CN1Cc2c(ccc(-c3ccc(N)nn3)c2F)NCC1c1ccccc1. The summed E-state index contributed by atoms with van der Waals surface area (Å²) in [6.07, 6.45) is 0. The van der Waals surface area contributed by atoms with Gasteiger partial charge in [0.05, 0.1) is 11.7 Å². The van der Waals surface area contributed by atoms with Gasteiger partial charge in [0.25, 0.3) is 0 Å². The zero-order chi connectivity index (χ0) is 18.1. The first-order chi connectivity index (χ1) is 12.6. The molecule has 26 heavy (non-hydrogen) atoms. The molecule has 1 aliphatic heterocycles. The molecule has 0 saturated heterocycles. The standard InChI is InChI=1S/C20H20FN5/c1-26-12-15-16(23-11-18(26)13-5-3-2-4-6-13)8-7-14(20(15)21)17-9-10-19(22)25-24-17/h2-10,18,23H,11-12H2,1H3,(H2,22,25). The van der Waals surface area contributed by atoms with Crippen LogP contribution in [0.25, 0.3) is 11.3 Å². The molecular weight excluding hydrogens is 329 g/mol. The predicted molar refractivity (Wildman–Crippen MR) is 101 cm³/mol. The van der Waals surface area contributed by atoms with Gasteiger partial charge < -0.3 is 11.1 Å². The third-order valence-corrected chi connectivity index (χ3v) is 4.81. The van der Waals surface area contributed by atoms with Crippen LogP contribution in [0, 0.1) is 5.82 Å². The van der Waals surface area contributed by atoms with Gasteiger partial charge in [0.1, 0.15) is 11.6 Å². The van der Waals surface area contributed by atoms with Crippen LogP contribution in [-0.4, -0.2) is 28.7 Å². The number of aromatic nitrogens is 2. The van der Waals surface area contributed by atoms with E-state index in [0.717, 1.165) is 5.69 Å². The molecule has 1 atom stereocenters. The lowest BCUT2D eigenvalue weighted by Gasteiger charge is -2.26. The first kappa shape index (κ1) is 16.5. The third-order valence-electron chi connectivity index (χ3n) is 4.81. The van der Waals surface area contributed by atoms with Crippen LogP contribution in [0.3, 0.4) is 0 Å². The van der Waals surface area contributed by atoms with Crippen molar-refractivity contribution in [2.45, 2.75) is 12.6 Å². The number of fused-ring (bicyclic) bond motifs is 1. The number of nitrogens with two attached hydrogens (primary N) is 1. The molecule has 0 bridgehead atoms. The molecule has 3 N–H and O–H groups in total. The van der Waals surface area contributed by atoms with Gasteiger partial charge in [-0.1, -0.05) is 30.3 Å². The number of hydrogen-bond donors (Lipinski definition) is 2.